The quantitative estimate of drug-likeness (QED) is 0.218. The van der Waals surface area contributed by atoms with Crippen LogP contribution in [0.15, 0.2) is 0 Å². The average molecular weight is 706 g/mol. The first-order valence-electron chi connectivity index (χ1n) is 3.68. The fraction of sp³-hybridized carbons (Fsp3) is 0.667. The molecule has 0 radical (unpaired) electrons. The Hall–Kier alpha value is 1.40. The first-order valence-corrected chi connectivity index (χ1v) is 3.68. The van der Waals surface area contributed by atoms with E-state index >= 15 is 0 Å². The second-order valence-corrected chi connectivity index (χ2v) is 2.09. The molecule has 0 aliphatic heterocycles. The molecule has 0 aliphatic rings. The largest absolute Gasteiger partial charge is 2.00 e. The Morgan fingerprint density at radius 2 is 0.944 bits per heavy atom. The van der Waals surface area contributed by atoms with E-state index < -0.39 is 11.8 Å². The van der Waals surface area contributed by atoms with Gasteiger partial charge in [0.1, 0.15) is 0 Å². The minimum absolute atomic E-state index is 0. The second-order valence-electron chi connectivity index (χ2n) is 2.09. The van der Waals surface area contributed by atoms with Crippen molar-refractivity contribution in [3.8, 4) is 0 Å². The predicted octanol–water partition coefficient (Wildman–Crippen LogP) is -14.9. The Morgan fingerprint density at radius 3 is 1.11 bits per heavy atom. The van der Waals surface area contributed by atoms with Gasteiger partial charge in [0.05, 0.1) is 0 Å². The molecule has 0 aliphatic carbocycles. The summed E-state index contributed by atoms with van der Waals surface area (Å²) in [5.74, 6) is -1.34. The van der Waals surface area contributed by atoms with E-state index in [0.29, 0.717) is 26.2 Å². The van der Waals surface area contributed by atoms with Crippen LogP contribution in [0.1, 0.15) is 0 Å². The average Bonchev–Trinajstić information content (AvgIpc) is 2.10. The number of carbonyl (C=O) groups excluding carboxylic acids is 2. The van der Waals surface area contributed by atoms with E-state index in [4.69, 9.17) is 11.5 Å². The van der Waals surface area contributed by atoms with Crippen molar-refractivity contribution in [2.45, 2.75) is 0 Å². The predicted molar refractivity (Wildman–Crippen MR) is 44.1 cm³/mol. The molecular weight excluding hydrogens is 692 g/mol. The molecule has 0 saturated carbocycles. The molecule has 6 N–H and O–H groups in total. The maximum atomic E-state index is 10.8. The molecule has 0 bridgehead atoms. The third-order valence-corrected chi connectivity index (χ3v) is 1.07. The monoisotopic (exact) mass is 704 g/mol. The molecule has 0 aromatic rings. The summed E-state index contributed by atoms with van der Waals surface area (Å²) in [6.45, 7) is 1.23. The summed E-state index contributed by atoms with van der Waals surface area (Å²) in [6, 6.07) is 0. The summed E-state index contributed by atoms with van der Waals surface area (Å²) in [4.78, 5) is 21.6. The van der Waals surface area contributed by atoms with E-state index in [1.807, 2.05) is 0 Å². The van der Waals surface area contributed by atoms with E-state index in [1.54, 1.807) is 0 Å². The minimum Gasteiger partial charge on any atom is -1.00 e. The fourth-order valence-corrected chi connectivity index (χ4v) is 0.532. The van der Waals surface area contributed by atoms with Crippen LogP contribution in [0, 0.1) is 0 Å². The van der Waals surface area contributed by atoms with Gasteiger partial charge in [-0.05, 0) is 0 Å². The summed E-state index contributed by atoms with van der Waals surface area (Å²) in [7, 11) is 0. The molecule has 12 heteroatoms. The molecule has 118 valence electrons. The number of amides is 2. The van der Waals surface area contributed by atoms with Crippen molar-refractivity contribution in [3.63, 3.8) is 0 Å². The van der Waals surface area contributed by atoms with Crippen LogP contribution in [0.3, 0.4) is 0 Å². The molecule has 0 aromatic carbocycles. The minimum atomic E-state index is -0.672. The van der Waals surface area contributed by atoms with Crippen LogP contribution >= 0.6 is 0 Å². The molecule has 0 heterocycles. The van der Waals surface area contributed by atoms with Gasteiger partial charge in [-0.15, -0.1) is 0 Å². The van der Waals surface area contributed by atoms with Gasteiger partial charge >= 0.3 is 53.9 Å². The standard InChI is InChI=1S/C6H14N4O2.4ClH.2Pt/c7-1-3-9-5(11)6(12)10-4-2-8;;;;;;/h1-4,7-8H2,(H,9,11)(H,10,12);4*1H;;/q;;;;;2*+2/p-4. The number of halogens is 4. The Labute approximate surface area is 160 Å². The summed E-state index contributed by atoms with van der Waals surface area (Å²) in [5, 5.41) is 4.65. The molecule has 0 rings (SSSR count). The van der Waals surface area contributed by atoms with Gasteiger partial charge in [0.15, 0.2) is 0 Å². The van der Waals surface area contributed by atoms with Gasteiger partial charge in [0.2, 0.25) is 0 Å². The van der Waals surface area contributed by atoms with Crippen molar-refractivity contribution in [1.29, 1.82) is 0 Å². The van der Waals surface area contributed by atoms with Gasteiger partial charge in [0, 0.05) is 26.2 Å². The topological polar surface area (TPSA) is 110 Å². The molecule has 2 amide bonds. The van der Waals surface area contributed by atoms with Crippen molar-refractivity contribution in [2.24, 2.45) is 11.5 Å². The third kappa shape index (κ3) is 26.1. The van der Waals surface area contributed by atoms with Crippen LogP contribution in [-0.2, 0) is 51.7 Å². The van der Waals surface area contributed by atoms with Crippen molar-refractivity contribution < 1.29 is 101 Å². The number of nitrogens with one attached hydrogen (secondary N) is 2. The second kappa shape index (κ2) is 31.0. The Morgan fingerprint density at radius 1 is 0.722 bits per heavy atom. The zero-order valence-corrected chi connectivity index (χ0v) is 16.5. The van der Waals surface area contributed by atoms with Crippen LogP contribution in [0.4, 0.5) is 0 Å². The number of rotatable bonds is 4. The van der Waals surface area contributed by atoms with E-state index in [-0.39, 0.29) is 91.8 Å². The van der Waals surface area contributed by atoms with Crippen LogP contribution in [0.2, 0.25) is 0 Å². The van der Waals surface area contributed by atoms with Gasteiger partial charge in [-0.2, -0.15) is 0 Å². The molecule has 6 nitrogen and oxygen atoms in total. The molecule has 0 saturated heterocycles. The van der Waals surface area contributed by atoms with Crippen molar-refractivity contribution in [2.75, 3.05) is 26.2 Å². The molecule has 0 unspecified atom stereocenters. The van der Waals surface area contributed by atoms with E-state index in [9.17, 15) is 9.59 Å². The Bertz CT molecular complexity index is 164. The van der Waals surface area contributed by atoms with Crippen LogP contribution in [0.5, 0.6) is 0 Å². The van der Waals surface area contributed by atoms with Crippen LogP contribution < -0.4 is 71.7 Å². The fourth-order valence-electron chi connectivity index (χ4n) is 0.532. The first kappa shape index (κ1) is 42.7. The smallest absolute Gasteiger partial charge is 1.00 e. The Kier molecular flexibility index (Phi) is 73.6. The number of nitrogens with two attached hydrogens (primary N) is 2. The van der Waals surface area contributed by atoms with E-state index in [2.05, 4.69) is 10.6 Å². The molecule has 18 heavy (non-hydrogen) atoms. The van der Waals surface area contributed by atoms with Crippen LogP contribution in [0.25, 0.3) is 0 Å². The van der Waals surface area contributed by atoms with Crippen molar-refractivity contribution in [1.82, 2.24) is 10.6 Å². The van der Waals surface area contributed by atoms with Gasteiger partial charge in [0.25, 0.3) is 0 Å². The SMILES string of the molecule is NCCNC(=O)C(=O)NCCN.[Cl-].[Cl-].[Cl-].[Cl-].[Pt+2].[Pt+2]. The molecular formula is C6H14Cl4N4O2Pt2. The van der Waals surface area contributed by atoms with Gasteiger partial charge in [-0.25, -0.2) is 0 Å². The van der Waals surface area contributed by atoms with E-state index in [1.165, 1.54) is 0 Å². The summed E-state index contributed by atoms with van der Waals surface area (Å²) in [6.07, 6.45) is 0. The maximum Gasteiger partial charge on any atom is 2.00 e. The molecule has 0 aromatic heterocycles. The number of carbonyl (C=O) groups is 2. The maximum absolute atomic E-state index is 10.8. The number of hydrogen-bond acceptors (Lipinski definition) is 4. The van der Waals surface area contributed by atoms with Gasteiger partial charge in [-0.3, -0.25) is 9.59 Å². The van der Waals surface area contributed by atoms with Gasteiger partial charge < -0.3 is 71.7 Å². The summed E-state index contributed by atoms with van der Waals surface area (Å²) >= 11 is 0. The van der Waals surface area contributed by atoms with Gasteiger partial charge in [-0.1, -0.05) is 0 Å². The van der Waals surface area contributed by atoms with Crippen molar-refractivity contribution in [3.05, 3.63) is 0 Å². The zero-order valence-electron chi connectivity index (χ0n) is 8.94. The van der Waals surface area contributed by atoms with E-state index in [0.717, 1.165) is 0 Å². The molecule has 0 spiro atoms. The van der Waals surface area contributed by atoms with Crippen molar-refractivity contribution >= 4 is 11.8 Å². The zero-order chi connectivity index (χ0) is 9.40. The third-order valence-electron chi connectivity index (χ3n) is 1.07. The van der Waals surface area contributed by atoms with Crippen LogP contribution in [-0.4, -0.2) is 38.0 Å². The molecule has 0 atom stereocenters. The normalized spacial score (nSPS) is 6.11. The first-order chi connectivity index (χ1) is 5.72. The molecule has 0 fully saturated rings. The summed E-state index contributed by atoms with van der Waals surface area (Å²) in [5.41, 5.74) is 10.2. The Balaban J connectivity index is -0.0000000403. The summed E-state index contributed by atoms with van der Waals surface area (Å²) < 4.78 is 0. The number of hydrogen-bond donors (Lipinski definition) is 4.